The summed E-state index contributed by atoms with van der Waals surface area (Å²) in [4.78, 5) is 20.8. The Morgan fingerprint density at radius 1 is 1.10 bits per heavy atom. The summed E-state index contributed by atoms with van der Waals surface area (Å²) in [5, 5.41) is 35.0. The summed E-state index contributed by atoms with van der Waals surface area (Å²) in [7, 11) is 0. The summed E-state index contributed by atoms with van der Waals surface area (Å²) in [5.41, 5.74) is -0.705. The predicted molar refractivity (Wildman–Crippen MR) is 68.1 cm³/mol. The van der Waals surface area contributed by atoms with E-state index in [4.69, 9.17) is 20.4 Å². The van der Waals surface area contributed by atoms with Gasteiger partial charge in [-0.1, -0.05) is 6.07 Å². The summed E-state index contributed by atoms with van der Waals surface area (Å²) < 4.78 is 4.69. The first-order valence-corrected chi connectivity index (χ1v) is 5.36. The number of aryl methyl sites for hydroxylation is 1. The molecule has 0 aliphatic rings. The summed E-state index contributed by atoms with van der Waals surface area (Å²) >= 11 is 0. The SMILES string of the molecule is Cc1occc(=O)c1O.O=C(O)c1cccc(O)c1O. The number of rotatable bonds is 1. The number of aromatic carboxylic acids is 1. The number of carbonyl (C=O) groups is 1. The van der Waals surface area contributed by atoms with Gasteiger partial charge in [-0.05, 0) is 19.1 Å². The van der Waals surface area contributed by atoms with Gasteiger partial charge in [-0.3, -0.25) is 4.79 Å². The van der Waals surface area contributed by atoms with Gasteiger partial charge in [0.05, 0.1) is 6.26 Å². The zero-order valence-corrected chi connectivity index (χ0v) is 10.4. The second-order valence-electron chi connectivity index (χ2n) is 3.67. The number of carboxylic acid groups (broad SMARTS) is 1. The Labute approximate surface area is 113 Å². The lowest BCUT2D eigenvalue weighted by atomic mass is 10.2. The molecule has 1 heterocycles. The molecule has 0 spiro atoms. The van der Waals surface area contributed by atoms with Gasteiger partial charge in [0.25, 0.3) is 0 Å². The van der Waals surface area contributed by atoms with E-state index in [1.165, 1.54) is 37.5 Å². The molecule has 0 bridgehead atoms. The first-order valence-electron chi connectivity index (χ1n) is 5.36. The second kappa shape index (κ2) is 6.28. The molecule has 0 fully saturated rings. The van der Waals surface area contributed by atoms with E-state index < -0.39 is 22.9 Å². The number of phenols is 2. The van der Waals surface area contributed by atoms with E-state index >= 15 is 0 Å². The lowest BCUT2D eigenvalue weighted by molar-refractivity contribution is 0.0693. The lowest BCUT2D eigenvalue weighted by Gasteiger charge is -1.99. The standard InChI is InChI=1S/C7H6O4.C6H6O3/c8-5-3-1-2-4(6(5)9)7(10)11;1-4-6(8)5(7)2-3-9-4/h1-3,8-9H,(H,10,11);2-3,8H,1H3. The van der Waals surface area contributed by atoms with Crippen molar-refractivity contribution in [3.63, 3.8) is 0 Å². The van der Waals surface area contributed by atoms with Crippen LogP contribution in [-0.2, 0) is 0 Å². The summed E-state index contributed by atoms with van der Waals surface area (Å²) in [6, 6.07) is 4.93. The van der Waals surface area contributed by atoms with Crippen LogP contribution in [0, 0.1) is 6.92 Å². The second-order valence-corrected chi connectivity index (χ2v) is 3.67. The molecular weight excluding hydrogens is 268 g/mol. The van der Waals surface area contributed by atoms with Gasteiger partial charge in [-0.25, -0.2) is 4.79 Å². The quantitative estimate of drug-likeness (QED) is 0.582. The Balaban J connectivity index is 0.000000204. The van der Waals surface area contributed by atoms with Crippen molar-refractivity contribution in [2.24, 2.45) is 0 Å². The van der Waals surface area contributed by atoms with Gasteiger partial charge >= 0.3 is 5.97 Å². The van der Waals surface area contributed by atoms with Crippen LogP contribution in [0.5, 0.6) is 17.2 Å². The van der Waals surface area contributed by atoms with E-state index in [0.717, 1.165) is 0 Å². The minimum Gasteiger partial charge on any atom is -0.504 e. The van der Waals surface area contributed by atoms with Crippen molar-refractivity contribution >= 4 is 5.97 Å². The number of aromatic hydroxyl groups is 3. The monoisotopic (exact) mass is 280 g/mol. The van der Waals surface area contributed by atoms with Crippen LogP contribution in [0.1, 0.15) is 16.1 Å². The van der Waals surface area contributed by atoms with Crippen molar-refractivity contribution in [2.75, 3.05) is 0 Å². The van der Waals surface area contributed by atoms with Crippen LogP contribution in [-0.4, -0.2) is 26.4 Å². The van der Waals surface area contributed by atoms with Gasteiger partial charge in [0.1, 0.15) is 11.3 Å². The molecule has 0 radical (unpaired) electrons. The van der Waals surface area contributed by atoms with Gasteiger partial charge in [-0.15, -0.1) is 0 Å². The molecule has 0 amide bonds. The summed E-state index contributed by atoms with van der Waals surface area (Å²) in [6.07, 6.45) is 1.25. The molecule has 0 aliphatic heterocycles. The largest absolute Gasteiger partial charge is 0.504 e. The fourth-order valence-electron chi connectivity index (χ4n) is 1.21. The third-order valence-electron chi connectivity index (χ3n) is 2.28. The van der Waals surface area contributed by atoms with Crippen molar-refractivity contribution in [3.8, 4) is 17.2 Å². The molecule has 106 valence electrons. The van der Waals surface area contributed by atoms with Gasteiger partial charge in [0, 0.05) is 6.07 Å². The highest BCUT2D eigenvalue weighted by atomic mass is 16.4. The molecule has 0 atom stereocenters. The van der Waals surface area contributed by atoms with Crippen molar-refractivity contribution in [1.82, 2.24) is 0 Å². The first-order chi connectivity index (χ1) is 9.34. The smallest absolute Gasteiger partial charge is 0.339 e. The van der Waals surface area contributed by atoms with E-state index in [0.29, 0.717) is 0 Å². The van der Waals surface area contributed by atoms with E-state index in [9.17, 15) is 9.59 Å². The zero-order chi connectivity index (χ0) is 15.3. The van der Waals surface area contributed by atoms with Crippen molar-refractivity contribution in [2.45, 2.75) is 6.92 Å². The van der Waals surface area contributed by atoms with Crippen LogP contribution in [0.2, 0.25) is 0 Å². The minimum atomic E-state index is -1.27. The Morgan fingerprint density at radius 3 is 2.20 bits per heavy atom. The molecule has 0 saturated heterocycles. The number of phenolic OH excluding ortho intramolecular Hbond substituents is 1. The Bertz CT molecular complexity index is 673. The van der Waals surface area contributed by atoms with Gasteiger partial charge in [0.2, 0.25) is 11.2 Å². The van der Waals surface area contributed by atoms with Gasteiger partial charge in [-0.2, -0.15) is 0 Å². The summed E-state index contributed by atoms with van der Waals surface area (Å²) in [6.45, 7) is 1.52. The topological polar surface area (TPSA) is 128 Å². The fraction of sp³-hybridized carbons (Fsp3) is 0.0769. The van der Waals surface area contributed by atoms with Crippen LogP contribution >= 0.6 is 0 Å². The number of hydrogen-bond acceptors (Lipinski definition) is 6. The van der Waals surface area contributed by atoms with Gasteiger partial charge < -0.3 is 24.8 Å². The number of benzene rings is 1. The van der Waals surface area contributed by atoms with E-state index in [1.54, 1.807) is 0 Å². The zero-order valence-electron chi connectivity index (χ0n) is 10.4. The molecule has 2 rings (SSSR count). The van der Waals surface area contributed by atoms with Crippen LogP contribution in [0.4, 0.5) is 0 Å². The van der Waals surface area contributed by atoms with Crippen molar-refractivity contribution in [3.05, 3.63) is 52.1 Å². The van der Waals surface area contributed by atoms with Crippen LogP contribution in [0.15, 0.2) is 39.7 Å². The van der Waals surface area contributed by atoms with Crippen molar-refractivity contribution in [1.29, 1.82) is 0 Å². The highest BCUT2D eigenvalue weighted by Crippen LogP contribution is 2.27. The maximum Gasteiger partial charge on any atom is 0.339 e. The Morgan fingerprint density at radius 2 is 1.75 bits per heavy atom. The fourth-order valence-corrected chi connectivity index (χ4v) is 1.21. The lowest BCUT2D eigenvalue weighted by Crippen LogP contribution is -1.97. The Kier molecular flexibility index (Phi) is 4.74. The molecule has 1 aromatic heterocycles. The highest BCUT2D eigenvalue weighted by Gasteiger charge is 2.11. The maximum atomic E-state index is 10.5. The molecule has 20 heavy (non-hydrogen) atoms. The predicted octanol–water partition coefficient (Wildman–Crippen LogP) is 1.45. The molecule has 7 nitrogen and oxygen atoms in total. The van der Waals surface area contributed by atoms with E-state index in [-0.39, 0.29) is 17.1 Å². The number of para-hydroxylation sites is 1. The molecule has 2 aromatic rings. The van der Waals surface area contributed by atoms with Crippen LogP contribution in [0.25, 0.3) is 0 Å². The molecule has 0 aliphatic carbocycles. The van der Waals surface area contributed by atoms with Crippen LogP contribution < -0.4 is 5.43 Å². The number of carboxylic acids is 1. The summed E-state index contributed by atoms with van der Waals surface area (Å²) in [5.74, 6) is -2.34. The van der Waals surface area contributed by atoms with Crippen molar-refractivity contribution < 1.29 is 29.6 Å². The highest BCUT2D eigenvalue weighted by molar-refractivity contribution is 5.91. The molecular formula is C13H12O7. The number of hydrogen-bond donors (Lipinski definition) is 4. The van der Waals surface area contributed by atoms with E-state index in [2.05, 4.69) is 4.42 Å². The van der Waals surface area contributed by atoms with Crippen LogP contribution in [0.3, 0.4) is 0 Å². The minimum absolute atomic E-state index is 0.252. The third-order valence-corrected chi connectivity index (χ3v) is 2.28. The normalized spacial score (nSPS) is 9.45. The maximum absolute atomic E-state index is 10.5. The third kappa shape index (κ3) is 3.52. The molecule has 1 aromatic carbocycles. The molecule has 7 heteroatoms. The Hall–Kier alpha value is -2.96. The van der Waals surface area contributed by atoms with Gasteiger partial charge in [0.15, 0.2) is 11.5 Å². The first kappa shape index (κ1) is 15.1. The van der Waals surface area contributed by atoms with E-state index in [1.807, 2.05) is 0 Å². The molecule has 0 saturated carbocycles. The average Bonchev–Trinajstić information content (AvgIpc) is 2.39. The molecule has 4 N–H and O–H groups in total. The molecule has 0 unspecified atom stereocenters. The average molecular weight is 280 g/mol.